The molecule has 0 spiro atoms. The van der Waals surface area contributed by atoms with Crippen molar-refractivity contribution in [3.8, 4) is 5.75 Å². The number of esters is 1. The van der Waals surface area contributed by atoms with Gasteiger partial charge in [0.2, 0.25) is 0 Å². The molecule has 0 fully saturated rings. The average molecular weight is 291 g/mol. The highest BCUT2D eigenvalue weighted by atomic mass is 16.5. The van der Waals surface area contributed by atoms with Gasteiger partial charge in [0.15, 0.2) is 0 Å². The van der Waals surface area contributed by atoms with Crippen LogP contribution in [0.5, 0.6) is 5.75 Å². The lowest BCUT2D eigenvalue weighted by atomic mass is 10.1. The van der Waals surface area contributed by atoms with Crippen molar-refractivity contribution in [1.82, 2.24) is 4.90 Å². The van der Waals surface area contributed by atoms with E-state index in [4.69, 9.17) is 4.74 Å². The van der Waals surface area contributed by atoms with Crippen molar-refractivity contribution in [3.63, 3.8) is 0 Å². The lowest BCUT2D eigenvalue weighted by molar-refractivity contribution is -0.145. The van der Waals surface area contributed by atoms with Gasteiger partial charge in [-0.1, -0.05) is 13.0 Å². The Morgan fingerprint density at radius 1 is 1.29 bits per heavy atom. The van der Waals surface area contributed by atoms with Crippen molar-refractivity contribution in [3.05, 3.63) is 42.5 Å². The van der Waals surface area contributed by atoms with Gasteiger partial charge in [-0.05, 0) is 24.3 Å². The number of hydrogen-bond donors (Lipinski definition) is 0. The molecule has 1 amide bonds. The molecule has 0 aliphatic heterocycles. The first-order valence-corrected chi connectivity index (χ1v) is 6.65. The van der Waals surface area contributed by atoms with E-state index in [2.05, 4.69) is 11.3 Å². The fourth-order valence-corrected chi connectivity index (χ4v) is 1.92. The van der Waals surface area contributed by atoms with Crippen LogP contribution in [0.15, 0.2) is 36.9 Å². The fraction of sp³-hybridized carbons (Fsp3) is 0.375. The fourth-order valence-electron chi connectivity index (χ4n) is 1.92. The van der Waals surface area contributed by atoms with Crippen LogP contribution in [0.2, 0.25) is 0 Å². The van der Waals surface area contributed by atoms with Crippen LogP contribution >= 0.6 is 0 Å². The van der Waals surface area contributed by atoms with E-state index in [0.29, 0.717) is 17.9 Å². The molecule has 0 radical (unpaired) electrons. The molecule has 21 heavy (non-hydrogen) atoms. The van der Waals surface area contributed by atoms with Gasteiger partial charge in [-0.3, -0.25) is 9.59 Å². The van der Waals surface area contributed by atoms with E-state index in [1.807, 2.05) is 0 Å². The third kappa shape index (κ3) is 4.63. The van der Waals surface area contributed by atoms with E-state index < -0.39 is 5.92 Å². The van der Waals surface area contributed by atoms with Crippen molar-refractivity contribution in [1.29, 1.82) is 0 Å². The summed E-state index contributed by atoms with van der Waals surface area (Å²) in [7, 11) is 2.90. The molecule has 0 saturated carbocycles. The van der Waals surface area contributed by atoms with Crippen LogP contribution in [0.25, 0.3) is 0 Å². The third-order valence-electron chi connectivity index (χ3n) is 3.07. The molecule has 114 valence electrons. The van der Waals surface area contributed by atoms with Crippen molar-refractivity contribution in [2.24, 2.45) is 5.92 Å². The highest BCUT2D eigenvalue weighted by molar-refractivity contribution is 5.94. The number of amides is 1. The molecule has 0 N–H and O–H groups in total. The normalized spacial score (nSPS) is 11.4. The second-order valence-electron chi connectivity index (χ2n) is 4.65. The number of benzene rings is 1. The maximum absolute atomic E-state index is 12.5. The molecule has 0 aromatic heterocycles. The van der Waals surface area contributed by atoms with Gasteiger partial charge >= 0.3 is 5.97 Å². The van der Waals surface area contributed by atoms with E-state index in [1.54, 1.807) is 49.3 Å². The second-order valence-corrected chi connectivity index (χ2v) is 4.65. The molecule has 1 rings (SSSR count). The van der Waals surface area contributed by atoms with Gasteiger partial charge in [-0.25, -0.2) is 0 Å². The molecule has 0 heterocycles. The Hall–Kier alpha value is -2.30. The summed E-state index contributed by atoms with van der Waals surface area (Å²) in [4.78, 5) is 25.5. The number of carbonyl (C=O) groups is 2. The summed E-state index contributed by atoms with van der Waals surface area (Å²) in [6.07, 6.45) is 1.63. The largest absolute Gasteiger partial charge is 0.497 e. The maximum Gasteiger partial charge on any atom is 0.310 e. The minimum atomic E-state index is -0.392. The minimum absolute atomic E-state index is 0.159. The smallest absolute Gasteiger partial charge is 0.310 e. The zero-order valence-electron chi connectivity index (χ0n) is 12.7. The van der Waals surface area contributed by atoms with E-state index in [9.17, 15) is 9.59 Å². The summed E-state index contributed by atoms with van der Waals surface area (Å²) < 4.78 is 9.75. The van der Waals surface area contributed by atoms with Crippen LogP contribution in [0, 0.1) is 5.92 Å². The zero-order valence-corrected chi connectivity index (χ0v) is 12.7. The van der Waals surface area contributed by atoms with Gasteiger partial charge in [-0.15, -0.1) is 6.58 Å². The van der Waals surface area contributed by atoms with Gasteiger partial charge in [0.05, 0.1) is 20.1 Å². The number of nitrogens with zero attached hydrogens (tertiary/aromatic N) is 1. The van der Waals surface area contributed by atoms with Crippen molar-refractivity contribution in [2.75, 3.05) is 27.3 Å². The van der Waals surface area contributed by atoms with Crippen molar-refractivity contribution < 1.29 is 19.1 Å². The molecular weight excluding hydrogens is 270 g/mol. The van der Waals surface area contributed by atoms with Crippen LogP contribution in [0.1, 0.15) is 17.3 Å². The summed E-state index contributed by atoms with van der Waals surface area (Å²) in [5.41, 5.74) is 0.537. The first kappa shape index (κ1) is 16.8. The van der Waals surface area contributed by atoms with Crippen LogP contribution in [0.4, 0.5) is 0 Å². The summed E-state index contributed by atoms with van der Waals surface area (Å²) >= 11 is 0. The van der Waals surface area contributed by atoms with Gasteiger partial charge in [-0.2, -0.15) is 0 Å². The highest BCUT2D eigenvalue weighted by Gasteiger charge is 2.21. The highest BCUT2D eigenvalue weighted by Crippen LogP contribution is 2.14. The molecular formula is C16H21NO4. The minimum Gasteiger partial charge on any atom is -0.497 e. The monoisotopic (exact) mass is 291 g/mol. The zero-order chi connectivity index (χ0) is 15.8. The molecule has 0 aliphatic rings. The maximum atomic E-state index is 12.5. The SMILES string of the molecule is C=CCN(CC(C)C(=O)OC)C(=O)c1ccc(OC)cc1. The Kier molecular flexibility index (Phi) is 6.46. The molecule has 1 aromatic rings. The van der Waals surface area contributed by atoms with Crippen molar-refractivity contribution in [2.45, 2.75) is 6.92 Å². The molecule has 0 saturated heterocycles. The molecule has 0 bridgehead atoms. The lowest BCUT2D eigenvalue weighted by Crippen LogP contribution is -2.37. The first-order chi connectivity index (χ1) is 10.0. The Labute approximate surface area is 125 Å². The standard InChI is InChI=1S/C16H21NO4/c1-5-10-17(11-12(2)16(19)21-4)15(18)13-6-8-14(20-3)9-7-13/h5-9,12H,1,10-11H2,2-4H3. The number of ether oxygens (including phenoxy) is 2. The van der Waals surface area contributed by atoms with Gasteiger partial charge < -0.3 is 14.4 Å². The van der Waals surface area contributed by atoms with Crippen LogP contribution < -0.4 is 4.74 Å². The molecule has 5 heteroatoms. The Balaban J connectivity index is 2.85. The van der Waals surface area contributed by atoms with Crippen LogP contribution in [0.3, 0.4) is 0 Å². The molecule has 1 atom stereocenters. The summed E-state index contributed by atoms with van der Waals surface area (Å²) in [6.45, 7) is 6.02. The van der Waals surface area contributed by atoms with E-state index in [0.717, 1.165) is 0 Å². The number of carbonyl (C=O) groups excluding carboxylic acids is 2. The topological polar surface area (TPSA) is 55.8 Å². The van der Waals surface area contributed by atoms with Gasteiger partial charge in [0.1, 0.15) is 5.75 Å². The Bertz CT molecular complexity index is 496. The number of hydrogen-bond acceptors (Lipinski definition) is 4. The predicted molar refractivity (Wildman–Crippen MR) is 80.3 cm³/mol. The van der Waals surface area contributed by atoms with Gasteiger partial charge in [0.25, 0.3) is 5.91 Å². The van der Waals surface area contributed by atoms with Gasteiger partial charge in [0, 0.05) is 18.7 Å². The van der Waals surface area contributed by atoms with Crippen molar-refractivity contribution >= 4 is 11.9 Å². The average Bonchev–Trinajstić information content (AvgIpc) is 2.52. The van der Waals surface area contributed by atoms with Crippen LogP contribution in [-0.4, -0.2) is 44.1 Å². The summed E-state index contributed by atoms with van der Waals surface area (Å²) in [5, 5.41) is 0. The lowest BCUT2D eigenvalue weighted by Gasteiger charge is -2.24. The van der Waals surface area contributed by atoms with E-state index >= 15 is 0 Å². The quantitative estimate of drug-likeness (QED) is 0.570. The number of rotatable bonds is 7. The first-order valence-electron chi connectivity index (χ1n) is 6.65. The second kappa shape index (κ2) is 8.09. The molecule has 1 unspecified atom stereocenters. The van der Waals surface area contributed by atoms with E-state index in [-0.39, 0.29) is 18.4 Å². The molecule has 0 aliphatic carbocycles. The third-order valence-corrected chi connectivity index (χ3v) is 3.07. The Morgan fingerprint density at radius 2 is 1.90 bits per heavy atom. The summed E-state index contributed by atoms with van der Waals surface area (Å²) in [6, 6.07) is 6.84. The molecule has 1 aromatic carbocycles. The Morgan fingerprint density at radius 3 is 2.38 bits per heavy atom. The van der Waals surface area contributed by atoms with Crippen LogP contribution in [-0.2, 0) is 9.53 Å². The number of methoxy groups -OCH3 is 2. The van der Waals surface area contributed by atoms with E-state index in [1.165, 1.54) is 7.11 Å². The summed E-state index contributed by atoms with van der Waals surface area (Å²) in [5.74, 6) is -0.207. The predicted octanol–water partition coefficient (Wildman–Crippen LogP) is 2.13. The molecule has 5 nitrogen and oxygen atoms in total.